The van der Waals surface area contributed by atoms with Crippen LogP contribution in [0.5, 0.6) is 0 Å². The highest BCUT2D eigenvalue weighted by atomic mass is 16.5. The zero-order chi connectivity index (χ0) is 18.8. The Labute approximate surface area is 148 Å². The van der Waals surface area contributed by atoms with E-state index in [0.29, 0.717) is 30.1 Å². The van der Waals surface area contributed by atoms with Gasteiger partial charge in [-0.25, -0.2) is 0 Å². The minimum absolute atomic E-state index is 0.0787. The Hall–Kier alpha value is -2.68. The summed E-state index contributed by atoms with van der Waals surface area (Å²) < 4.78 is 7.76. The Bertz CT molecular complexity index is 993. The zero-order valence-corrected chi connectivity index (χ0v) is 14.9. The minimum atomic E-state index is -1.09. The third-order valence-corrected chi connectivity index (χ3v) is 4.89. The zero-order valence-electron chi connectivity index (χ0n) is 14.9. The van der Waals surface area contributed by atoms with Crippen molar-refractivity contribution in [2.45, 2.75) is 45.3 Å². The molecule has 4 rings (SSSR count). The SMILES string of the molecule is CC(C)(C)c1cc2n(CC(=O)O)c3c(c(=O)n2n1)CN(C1COC1)C3=O. The summed E-state index contributed by atoms with van der Waals surface area (Å²) in [7, 11) is 0. The molecule has 1 N–H and O–H groups in total. The summed E-state index contributed by atoms with van der Waals surface area (Å²) in [5.74, 6) is -1.41. The third kappa shape index (κ3) is 2.34. The summed E-state index contributed by atoms with van der Waals surface area (Å²) >= 11 is 0. The Balaban J connectivity index is 1.97. The second kappa shape index (κ2) is 5.41. The molecule has 0 bridgehead atoms. The van der Waals surface area contributed by atoms with Crippen molar-refractivity contribution >= 4 is 17.5 Å². The maximum absolute atomic E-state index is 12.9. The fourth-order valence-electron chi connectivity index (χ4n) is 3.34. The highest BCUT2D eigenvalue weighted by molar-refractivity contribution is 5.98. The van der Waals surface area contributed by atoms with E-state index in [9.17, 15) is 19.5 Å². The molecule has 4 heterocycles. The molecule has 2 aliphatic heterocycles. The predicted octanol–water partition coefficient (Wildman–Crippen LogP) is 0.233. The first-order valence-corrected chi connectivity index (χ1v) is 8.45. The van der Waals surface area contributed by atoms with Crippen molar-refractivity contribution in [3.63, 3.8) is 0 Å². The summed E-state index contributed by atoms with van der Waals surface area (Å²) in [6, 6.07) is 1.61. The van der Waals surface area contributed by atoms with Crippen LogP contribution in [0.15, 0.2) is 10.9 Å². The number of carboxylic acid groups (broad SMARTS) is 1. The normalized spacial score (nSPS) is 17.7. The average Bonchev–Trinajstić information content (AvgIpc) is 3.05. The molecule has 0 atom stereocenters. The van der Waals surface area contributed by atoms with E-state index in [0.717, 1.165) is 0 Å². The van der Waals surface area contributed by atoms with Crippen molar-refractivity contribution in [3.05, 3.63) is 33.4 Å². The van der Waals surface area contributed by atoms with Crippen LogP contribution in [-0.2, 0) is 28.0 Å². The van der Waals surface area contributed by atoms with Crippen LogP contribution in [0.3, 0.4) is 0 Å². The van der Waals surface area contributed by atoms with E-state index >= 15 is 0 Å². The van der Waals surface area contributed by atoms with Crippen LogP contribution in [0, 0.1) is 0 Å². The summed E-state index contributed by atoms with van der Waals surface area (Å²) in [5.41, 5.74) is 0.735. The number of rotatable bonds is 3. The Morgan fingerprint density at radius 2 is 2.04 bits per heavy atom. The fraction of sp³-hybridized carbons (Fsp3) is 0.529. The van der Waals surface area contributed by atoms with Gasteiger partial charge in [0.05, 0.1) is 37.1 Å². The molecule has 0 aliphatic carbocycles. The number of aromatic nitrogens is 3. The molecular weight excluding hydrogens is 340 g/mol. The van der Waals surface area contributed by atoms with Gasteiger partial charge in [-0.2, -0.15) is 9.61 Å². The lowest BCUT2D eigenvalue weighted by Crippen LogP contribution is -2.49. The lowest BCUT2D eigenvalue weighted by atomic mass is 9.93. The van der Waals surface area contributed by atoms with E-state index < -0.39 is 12.5 Å². The molecule has 2 aromatic rings. The number of ether oxygens (including phenoxy) is 1. The van der Waals surface area contributed by atoms with Crippen molar-refractivity contribution in [1.82, 2.24) is 19.1 Å². The first kappa shape index (κ1) is 16.8. The van der Waals surface area contributed by atoms with Crippen molar-refractivity contribution in [1.29, 1.82) is 0 Å². The third-order valence-electron chi connectivity index (χ3n) is 4.89. The number of amides is 1. The van der Waals surface area contributed by atoms with Gasteiger partial charge in [0.1, 0.15) is 17.9 Å². The largest absolute Gasteiger partial charge is 0.480 e. The van der Waals surface area contributed by atoms with Crippen LogP contribution < -0.4 is 5.56 Å². The number of nitrogens with zero attached hydrogens (tertiary/aromatic N) is 4. The van der Waals surface area contributed by atoms with Gasteiger partial charge in [0.2, 0.25) is 0 Å². The predicted molar refractivity (Wildman–Crippen MR) is 90.3 cm³/mol. The number of carbonyl (C=O) groups excluding carboxylic acids is 1. The minimum Gasteiger partial charge on any atom is -0.480 e. The number of fused-ring (bicyclic) bond motifs is 2. The van der Waals surface area contributed by atoms with E-state index in [-0.39, 0.29) is 35.2 Å². The number of carbonyl (C=O) groups is 2. The van der Waals surface area contributed by atoms with E-state index in [2.05, 4.69) is 5.10 Å². The van der Waals surface area contributed by atoms with E-state index in [1.54, 1.807) is 11.0 Å². The maximum atomic E-state index is 12.9. The molecule has 9 nitrogen and oxygen atoms in total. The summed E-state index contributed by atoms with van der Waals surface area (Å²) in [6.45, 7) is 6.47. The van der Waals surface area contributed by atoms with Crippen LogP contribution in [0.2, 0.25) is 0 Å². The lowest BCUT2D eigenvalue weighted by Gasteiger charge is -2.34. The number of carboxylic acids is 1. The first-order chi connectivity index (χ1) is 12.2. The topological polar surface area (TPSA) is 106 Å². The van der Waals surface area contributed by atoms with Crippen molar-refractivity contribution < 1.29 is 19.4 Å². The molecule has 0 radical (unpaired) electrons. The van der Waals surface area contributed by atoms with Crippen molar-refractivity contribution in [2.75, 3.05) is 13.2 Å². The summed E-state index contributed by atoms with van der Waals surface area (Å²) in [4.78, 5) is 38.9. The van der Waals surface area contributed by atoms with Crippen molar-refractivity contribution in [2.24, 2.45) is 0 Å². The monoisotopic (exact) mass is 360 g/mol. The molecule has 26 heavy (non-hydrogen) atoms. The number of hydrogen-bond acceptors (Lipinski definition) is 5. The van der Waals surface area contributed by atoms with Crippen LogP contribution >= 0.6 is 0 Å². The van der Waals surface area contributed by atoms with Crippen LogP contribution in [0.1, 0.15) is 42.5 Å². The fourth-order valence-corrected chi connectivity index (χ4v) is 3.34. The molecule has 2 aromatic heterocycles. The van der Waals surface area contributed by atoms with Gasteiger partial charge in [-0.3, -0.25) is 14.4 Å². The molecule has 138 valence electrons. The highest BCUT2D eigenvalue weighted by Crippen LogP contribution is 2.28. The Morgan fingerprint density at radius 1 is 1.35 bits per heavy atom. The van der Waals surface area contributed by atoms with Gasteiger partial charge in [0.25, 0.3) is 11.5 Å². The first-order valence-electron chi connectivity index (χ1n) is 8.45. The molecule has 0 aromatic carbocycles. The van der Waals surface area contributed by atoms with E-state index in [4.69, 9.17) is 4.74 Å². The standard InChI is InChI=1S/C17H20N4O5/c1-17(2,3)11-4-12-20(6-13(22)23)14-10(15(24)21(12)18-11)5-19(16(14)25)9-7-26-8-9/h4,9H,5-8H2,1-3H3,(H,22,23). The van der Waals surface area contributed by atoms with Crippen LogP contribution in [0.25, 0.3) is 5.65 Å². The van der Waals surface area contributed by atoms with Crippen molar-refractivity contribution in [3.8, 4) is 0 Å². The van der Waals surface area contributed by atoms with E-state index in [1.165, 1.54) is 9.08 Å². The van der Waals surface area contributed by atoms with E-state index in [1.807, 2.05) is 20.8 Å². The smallest absolute Gasteiger partial charge is 0.323 e. The highest BCUT2D eigenvalue weighted by Gasteiger charge is 2.41. The molecule has 9 heteroatoms. The molecule has 0 unspecified atom stereocenters. The van der Waals surface area contributed by atoms with Gasteiger partial charge in [-0.05, 0) is 0 Å². The summed E-state index contributed by atoms with van der Waals surface area (Å²) in [5, 5.41) is 13.7. The molecular formula is C17H20N4O5. The lowest BCUT2D eigenvalue weighted by molar-refractivity contribution is -0.137. The molecule has 1 fully saturated rings. The van der Waals surface area contributed by atoms with Crippen LogP contribution in [-0.4, -0.2) is 55.3 Å². The van der Waals surface area contributed by atoms with Gasteiger partial charge < -0.3 is 19.3 Å². The average molecular weight is 360 g/mol. The number of aliphatic carboxylic acids is 1. The number of hydrogen-bond donors (Lipinski definition) is 1. The van der Waals surface area contributed by atoms with Gasteiger partial charge in [0.15, 0.2) is 0 Å². The molecule has 0 spiro atoms. The quantitative estimate of drug-likeness (QED) is 0.840. The van der Waals surface area contributed by atoms with Gasteiger partial charge in [-0.1, -0.05) is 20.8 Å². The Kier molecular flexibility index (Phi) is 3.49. The maximum Gasteiger partial charge on any atom is 0.323 e. The Morgan fingerprint density at radius 3 is 2.58 bits per heavy atom. The second-order valence-electron chi connectivity index (χ2n) is 7.79. The molecule has 2 aliphatic rings. The van der Waals surface area contributed by atoms with Gasteiger partial charge in [-0.15, -0.1) is 0 Å². The summed E-state index contributed by atoms with van der Waals surface area (Å²) in [6.07, 6.45) is 0. The van der Waals surface area contributed by atoms with Gasteiger partial charge in [0, 0.05) is 11.5 Å². The van der Waals surface area contributed by atoms with Gasteiger partial charge >= 0.3 is 5.97 Å². The molecule has 1 amide bonds. The second-order valence-corrected chi connectivity index (χ2v) is 7.79. The molecule has 0 saturated carbocycles. The molecule has 1 saturated heterocycles. The van der Waals surface area contributed by atoms with Crippen LogP contribution in [0.4, 0.5) is 0 Å².